The maximum Gasteiger partial charge on any atom is 0.183 e. The molecule has 0 N–H and O–H groups in total. The largest absolute Gasteiger partial charge is 0.348 e. The zero-order valence-corrected chi connectivity index (χ0v) is 45.0. The molecule has 0 radical (unpaired) electrons. The van der Waals surface area contributed by atoms with Gasteiger partial charge in [0.1, 0.15) is 0 Å². The minimum absolute atomic E-state index is 0.252. The molecule has 3 fully saturated rings. The van der Waals surface area contributed by atoms with Gasteiger partial charge < -0.3 is 28.4 Å². The Bertz CT molecular complexity index is 2700. The highest BCUT2D eigenvalue weighted by Gasteiger charge is 2.26. The number of ether oxygens (including phenoxy) is 6. The van der Waals surface area contributed by atoms with Crippen LogP contribution in [0.1, 0.15) is 156 Å². The van der Waals surface area contributed by atoms with E-state index >= 15 is 0 Å². The fourth-order valence-electron chi connectivity index (χ4n) is 9.72. The van der Waals surface area contributed by atoms with E-state index in [9.17, 15) is 0 Å². The van der Waals surface area contributed by atoms with E-state index in [1.807, 2.05) is 72.8 Å². The molecule has 0 aromatic heterocycles. The van der Waals surface area contributed by atoms with Crippen molar-refractivity contribution in [2.75, 3.05) is 39.6 Å². The quantitative estimate of drug-likeness (QED) is 0.0729. The molecule has 3 aliphatic rings. The summed E-state index contributed by atoms with van der Waals surface area (Å²) < 4.78 is 35.5. The minimum atomic E-state index is -0.254. The molecule has 3 aliphatic heterocycles. The Kier molecular flexibility index (Phi) is 23.8. The van der Waals surface area contributed by atoms with E-state index in [0.717, 1.165) is 96.1 Å². The van der Waals surface area contributed by atoms with Gasteiger partial charge in [-0.2, -0.15) is 15.8 Å². The van der Waals surface area contributed by atoms with E-state index in [4.69, 9.17) is 44.2 Å². The monoisotopic (exact) mass is 1020 g/mol. The zero-order valence-electron chi connectivity index (χ0n) is 45.0. The van der Waals surface area contributed by atoms with Crippen LogP contribution >= 0.6 is 0 Å². The van der Waals surface area contributed by atoms with Crippen LogP contribution in [0.5, 0.6) is 0 Å². The molecular weight excluding hydrogens is 943 g/mol. The van der Waals surface area contributed by atoms with Gasteiger partial charge in [-0.25, -0.2) is 0 Å². The second kappa shape index (κ2) is 31.6. The van der Waals surface area contributed by atoms with Gasteiger partial charge in [-0.15, -0.1) is 0 Å². The Morgan fingerprint density at radius 3 is 0.816 bits per heavy atom. The Morgan fingerprint density at radius 1 is 0.303 bits per heavy atom. The van der Waals surface area contributed by atoms with Crippen LogP contribution in [0.25, 0.3) is 33.4 Å². The van der Waals surface area contributed by atoms with Crippen LogP contribution in [0, 0.1) is 51.7 Å². The van der Waals surface area contributed by atoms with E-state index in [-0.39, 0.29) is 18.9 Å². The molecule has 0 spiro atoms. The summed E-state index contributed by atoms with van der Waals surface area (Å²) in [5, 5.41) is 26.6. The third-order valence-corrected chi connectivity index (χ3v) is 14.4. The van der Waals surface area contributed by atoms with Gasteiger partial charge in [0.05, 0.1) is 74.5 Å². The van der Waals surface area contributed by atoms with Gasteiger partial charge in [-0.05, 0) is 89.0 Å². The average molecular weight is 1020 g/mol. The topological polar surface area (TPSA) is 127 Å². The molecule has 6 aromatic carbocycles. The van der Waals surface area contributed by atoms with Gasteiger partial charge in [0, 0.05) is 34.4 Å². The average Bonchev–Trinajstić information content (AvgIpc) is 3.49. The number of nitrogens with zero attached hydrogens (tertiary/aromatic N) is 3. The molecule has 0 bridgehead atoms. The van der Waals surface area contributed by atoms with Crippen LogP contribution in [0.15, 0.2) is 146 Å². The maximum atomic E-state index is 8.91. The Labute approximate surface area is 453 Å². The second-order valence-corrected chi connectivity index (χ2v) is 20.4. The lowest BCUT2D eigenvalue weighted by Crippen LogP contribution is -2.27. The van der Waals surface area contributed by atoms with Gasteiger partial charge in [0.2, 0.25) is 0 Å². The van der Waals surface area contributed by atoms with Gasteiger partial charge in [0.25, 0.3) is 0 Å². The molecule has 0 unspecified atom stereocenters. The molecule has 9 rings (SSSR count). The van der Waals surface area contributed by atoms with E-state index in [1.54, 1.807) is 0 Å². The number of unbranched alkanes of at least 4 members (excludes halogenated alkanes) is 7. The van der Waals surface area contributed by atoms with Gasteiger partial charge in [0.15, 0.2) is 18.9 Å². The molecule has 9 nitrogen and oxygen atoms in total. The summed E-state index contributed by atoms with van der Waals surface area (Å²) in [5.41, 5.74) is 11.9. The van der Waals surface area contributed by atoms with Crippen molar-refractivity contribution in [2.24, 2.45) is 17.8 Å². The van der Waals surface area contributed by atoms with E-state index < -0.39 is 0 Å². The predicted octanol–water partition coefficient (Wildman–Crippen LogP) is 16.8. The molecule has 0 saturated carbocycles. The normalized spacial score (nSPS) is 20.1. The third-order valence-electron chi connectivity index (χ3n) is 14.4. The molecule has 396 valence electrons. The second-order valence-electron chi connectivity index (χ2n) is 20.4. The molecule has 3 saturated heterocycles. The summed E-state index contributed by atoms with van der Waals surface area (Å²) in [4.78, 5) is 0. The van der Waals surface area contributed by atoms with Crippen molar-refractivity contribution in [1.29, 1.82) is 15.8 Å². The van der Waals surface area contributed by atoms with E-state index in [0.29, 0.717) is 34.4 Å². The number of benzene rings is 6. The maximum absolute atomic E-state index is 8.91. The lowest BCUT2D eigenvalue weighted by atomic mass is 10.0. The SMILES string of the molecule is CCCC1COC(c2ccc(-c3ccc(C#N)cc3)cc2)OC1.CCCCCC1COC(c2ccc(-c3ccc(C#N)cc3)cc2)OC1.CCCCCCCCC1COC(c2ccc(-c3ccc(C#N)cc3)cc2)OC1. The van der Waals surface area contributed by atoms with Crippen molar-refractivity contribution in [3.05, 3.63) is 179 Å². The highest BCUT2D eigenvalue weighted by atomic mass is 16.7. The van der Waals surface area contributed by atoms with E-state index in [2.05, 4.69) is 112 Å². The Morgan fingerprint density at radius 2 is 0.539 bits per heavy atom. The molecule has 6 aromatic rings. The third kappa shape index (κ3) is 17.8. The highest BCUT2D eigenvalue weighted by molar-refractivity contribution is 5.66. The zero-order chi connectivity index (χ0) is 53.2. The predicted molar refractivity (Wildman–Crippen MR) is 301 cm³/mol. The standard InChI is InChI=1S/C25H31NO2.C22H25NO2.C20H21NO2/c1-2-3-4-5-6-7-8-21-18-27-25(28-19-21)24-15-13-23(14-16-24)22-11-9-20(17-26)10-12-22;1-2-3-4-5-18-15-24-22(25-16-18)21-12-10-20(11-13-21)19-8-6-17(14-23)7-9-19;1-2-3-16-13-22-20(23-14-16)19-10-8-18(9-11-19)17-6-4-15(12-21)5-7-17/h9-16,21,25H,2-8,18-19H2,1H3;6-13,18,22H,2-5,15-16H2,1H3;4-11,16,20H,2-3,13-14H2,1H3. The van der Waals surface area contributed by atoms with Crippen LogP contribution in [0.2, 0.25) is 0 Å². The minimum Gasteiger partial charge on any atom is -0.348 e. The van der Waals surface area contributed by atoms with Gasteiger partial charge in [-0.3, -0.25) is 0 Å². The van der Waals surface area contributed by atoms with Crippen LogP contribution in [-0.4, -0.2) is 39.6 Å². The Hall–Kier alpha value is -6.45. The van der Waals surface area contributed by atoms with Crippen LogP contribution in [0.3, 0.4) is 0 Å². The van der Waals surface area contributed by atoms with Crippen molar-refractivity contribution in [1.82, 2.24) is 0 Å². The lowest BCUT2D eigenvalue weighted by molar-refractivity contribution is -0.206. The van der Waals surface area contributed by atoms with Crippen LogP contribution < -0.4 is 0 Å². The first kappa shape index (κ1) is 57.3. The van der Waals surface area contributed by atoms with Gasteiger partial charge in [-0.1, -0.05) is 194 Å². The van der Waals surface area contributed by atoms with E-state index in [1.165, 1.54) is 77.0 Å². The molecule has 3 heterocycles. The molecule has 9 heteroatoms. The molecule has 76 heavy (non-hydrogen) atoms. The number of hydrogen-bond acceptors (Lipinski definition) is 9. The number of hydrogen-bond donors (Lipinski definition) is 0. The first-order valence-corrected chi connectivity index (χ1v) is 27.9. The summed E-state index contributed by atoms with van der Waals surface area (Å²) in [7, 11) is 0. The summed E-state index contributed by atoms with van der Waals surface area (Å²) >= 11 is 0. The molecule has 0 aliphatic carbocycles. The fraction of sp³-hybridized carbons (Fsp3) is 0.418. The van der Waals surface area contributed by atoms with Gasteiger partial charge >= 0.3 is 0 Å². The first-order chi connectivity index (χ1) is 37.4. The van der Waals surface area contributed by atoms with Crippen molar-refractivity contribution >= 4 is 0 Å². The summed E-state index contributed by atoms with van der Waals surface area (Å²) in [5.74, 6) is 1.58. The molecular formula is C67H77N3O6. The smallest absolute Gasteiger partial charge is 0.183 e. The number of rotatable bonds is 19. The molecule has 0 atom stereocenters. The molecule has 0 amide bonds. The number of nitriles is 3. The summed E-state index contributed by atoms with van der Waals surface area (Å²) in [6, 6.07) is 54.2. The van der Waals surface area contributed by atoms with Crippen molar-refractivity contribution in [3.63, 3.8) is 0 Å². The highest BCUT2D eigenvalue weighted by Crippen LogP contribution is 2.33. The Balaban J connectivity index is 0.000000167. The lowest BCUT2D eigenvalue weighted by Gasteiger charge is -2.29. The van der Waals surface area contributed by atoms with Crippen molar-refractivity contribution < 1.29 is 28.4 Å². The summed E-state index contributed by atoms with van der Waals surface area (Å²) in [6.07, 6.45) is 15.8. The van der Waals surface area contributed by atoms with Crippen molar-refractivity contribution in [3.8, 4) is 51.6 Å². The van der Waals surface area contributed by atoms with Crippen LogP contribution in [-0.2, 0) is 28.4 Å². The van der Waals surface area contributed by atoms with Crippen molar-refractivity contribution in [2.45, 2.75) is 123 Å². The summed E-state index contributed by atoms with van der Waals surface area (Å²) in [6.45, 7) is 11.4. The van der Waals surface area contributed by atoms with Crippen LogP contribution in [0.4, 0.5) is 0 Å². The fourth-order valence-corrected chi connectivity index (χ4v) is 9.72. The first-order valence-electron chi connectivity index (χ1n) is 27.9.